The molecule has 0 radical (unpaired) electrons. The van der Waals surface area contributed by atoms with Gasteiger partial charge in [0.25, 0.3) is 0 Å². The fourth-order valence-corrected chi connectivity index (χ4v) is 4.04. The highest BCUT2D eigenvalue weighted by molar-refractivity contribution is 5.69. The van der Waals surface area contributed by atoms with Crippen molar-refractivity contribution in [2.75, 3.05) is 24.7 Å². The molecule has 0 saturated carbocycles. The standard InChI is InChI=1S/C24H31N5O3.CH4/c1-24(32,16-30)20-6-4-10-28(14-20)13-19-9-8-17(11-23(19)31)21(26)15-29(27)22-7-3-2-5-18(22)12-25;/h2-3,5,7-9,11,15,20,30-32H,4,6,10,13-14,16,26-27H2,1H3;1H4/b21-15-;/t20?,24-;/m1./s1. The zero-order chi connectivity index (χ0) is 23.3. The number of hydrogen-bond acceptors (Lipinski definition) is 8. The number of aliphatic hydroxyl groups excluding tert-OH is 1. The van der Waals surface area contributed by atoms with Crippen molar-refractivity contribution in [3.05, 3.63) is 65.4 Å². The van der Waals surface area contributed by atoms with Gasteiger partial charge in [0.1, 0.15) is 11.8 Å². The SMILES string of the molecule is C.C[C@@](O)(CO)C1CCCN(Cc2ccc(/C(N)=C/N(N)c3ccccc3C#N)cc2O)C1. The van der Waals surface area contributed by atoms with E-state index < -0.39 is 5.60 Å². The van der Waals surface area contributed by atoms with E-state index >= 15 is 0 Å². The Morgan fingerprint density at radius 1 is 1.33 bits per heavy atom. The second-order valence-electron chi connectivity index (χ2n) is 8.55. The molecule has 0 bridgehead atoms. The number of phenolic OH excluding ortho intramolecular Hbond substituents is 1. The van der Waals surface area contributed by atoms with E-state index in [9.17, 15) is 20.6 Å². The first-order chi connectivity index (χ1) is 15.2. The van der Waals surface area contributed by atoms with Crippen molar-refractivity contribution in [3.8, 4) is 11.8 Å². The summed E-state index contributed by atoms with van der Waals surface area (Å²) in [6, 6.07) is 14.3. The molecule has 2 atom stereocenters. The minimum Gasteiger partial charge on any atom is -0.508 e. The van der Waals surface area contributed by atoms with Gasteiger partial charge in [-0.2, -0.15) is 5.26 Å². The molecule has 2 aromatic rings. The van der Waals surface area contributed by atoms with E-state index in [1.54, 1.807) is 37.3 Å². The van der Waals surface area contributed by atoms with E-state index in [0.29, 0.717) is 35.6 Å². The number of hydrogen-bond donors (Lipinski definition) is 5. The van der Waals surface area contributed by atoms with Crippen LogP contribution < -0.4 is 16.6 Å². The first-order valence-corrected chi connectivity index (χ1v) is 10.6. The fraction of sp³-hybridized carbons (Fsp3) is 0.400. The number of hydrazine groups is 1. The van der Waals surface area contributed by atoms with Crippen molar-refractivity contribution >= 4 is 11.4 Å². The molecule has 33 heavy (non-hydrogen) atoms. The third kappa shape index (κ3) is 6.24. The smallest absolute Gasteiger partial charge is 0.120 e. The van der Waals surface area contributed by atoms with Gasteiger partial charge in [-0.15, -0.1) is 0 Å². The zero-order valence-electron chi connectivity index (χ0n) is 18.3. The Hall–Kier alpha value is -3.09. The van der Waals surface area contributed by atoms with Gasteiger partial charge in [-0.05, 0) is 44.5 Å². The number of benzene rings is 2. The maximum atomic E-state index is 10.6. The topological polar surface area (TPSA) is 143 Å². The highest BCUT2D eigenvalue weighted by Gasteiger charge is 2.34. The Morgan fingerprint density at radius 2 is 2.06 bits per heavy atom. The summed E-state index contributed by atoms with van der Waals surface area (Å²) in [5, 5.41) is 41.0. The number of rotatable bonds is 7. The number of phenols is 1. The number of piperidine rings is 1. The number of aromatic hydroxyl groups is 1. The summed E-state index contributed by atoms with van der Waals surface area (Å²) in [6.07, 6.45) is 3.30. The van der Waals surface area contributed by atoms with Crippen LogP contribution in [0.4, 0.5) is 5.69 Å². The largest absolute Gasteiger partial charge is 0.508 e. The number of nitrogens with zero attached hydrogens (tertiary/aromatic N) is 3. The van der Waals surface area contributed by atoms with Gasteiger partial charge in [0.15, 0.2) is 0 Å². The van der Waals surface area contributed by atoms with Gasteiger partial charge >= 0.3 is 0 Å². The number of nitriles is 1. The molecule has 0 spiro atoms. The maximum Gasteiger partial charge on any atom is 0.120 e. The van der Waals surface area contributed by atoms with E-state index in [4.69, 9.17) is 11.6 Å². The van der Waals surface area contributed by atoms with Gasteiger partial charge in [-0.1, -0.05) is 31.7 Å². The highest BCUT2D eigenvalue weighted by Crippen LogP contribution is 2.30. The van der Waals surface area contributed by atoms with Crippen molar-refractivity contribution in [2.24, 2.45) is 17.5 Å². The van der Waals surface area contributed by atoms with Crippen LogP contribution in [-0.4, -0.2) is 45.5 Å². The molecular formula is C25H35N5O3. The Morgan fingerprint density at radius 3 is 2.73 bits per heavy atom. The summed E-state index contributed by atoms with van der Waals surface area (Å²) in [5.74, 6) is 6.18. The van der Waals surface area contributed by atoms with Crippen LogP contribution in [0.25, 0.3) is 5.70 Å². The molecule has 1 aliphatic rings. The third-order valence-corrected chi connectivity index (χ3v) is 6.10. The fourth-order valence-electron chi connectivity index (χ4n) is 4.04. The van der Waals surface area contributed by atoms with Crippen molar-refractivity contribution in [1.29, 1.82) is 5.26 Å². The van der Waals surface area contributed by atoms with E-state index in [-0.39, 0.29) is 25.7 Å². The average Bonchev–Trinajstić information content (AvgIpc) is 2.80. The quantitative estimate of drug-likeness (QED) is 0.318. The lowest BCUT2D eigenvalue weighted by molar-refractivity contribution is -0.0697. The van der Waals surface area contributed by atoms with Crippen LogP contribution in [0.3, 0.4) is 0 Å². The summed E-state index contributed by atoms with van der Waals surface area (Å²) in [5.41, 5.74) is 7.75. The summed E-state index contributed by atoms with van der Waals surface area (Å²) < 4.78 is 0. The molecule has 8 nitrogen and oxygen atoms in total. The average molecular weight is 454 g/mol. The summed E-state index contributed by atoms with van der Waals surface area (Å²) in [7, 11) is 0. The van der Waals surface area contributed by atoms with Crippen LogP contribution >= 0.6 is 0 Å². The molecular weight excluding hydrogens is 418 g/mol. The van der Waals surface area contributed by atoms with Crippen molar-refractivity contribution < 1.29 is 15.3 Å². The van der Waals surface area contributed by atoms with E-state index in [1.165, 1.54) is 11.2 Å². The minimum absolute atomic E-state index is 0. The normalized spacial score (nSPS) is 18.6. The lowest BCUT2D eigenvalue weighted by Gasteiger charge is -2.39. The van der Waals surface area contributed by atoms with E-state index in [1.807, 2.05) is 12.1 Å². The van der Waals surface area contributed by atoms with Crippen molar-refractivity contribution in [3.63, 3.8) is 0 Å². The molecule has 178 valence electrons. The Bertz CT molecular complexity index is 1020. The number of anilines is 1. The summed E-state index contributed by atoms with van der Waals surface area (Å²) in [6.45, 7) is 3.44. The lowest BCUT2D eigenvalue weighted by atomic mass is 9.83. The number of likely N-dealkylation sites (tertiary alicyclic amines) is 1. The van der Waals surface area contributed by atoms with Crippen molar-refractivity contribution in [2.45, 2.75) is 39.3 Å². The summed E-state index contributed by atoms with van der Waals surface area (Å²) in [4.78, 5) is 2.17. The molecule has 0 amide bonds. The minimum atomic E-state index is -1.11. The van der Waals surface area contributed by atoms with E-state index in [0.717, 1.165) is 24.9 Å². The van der Waals surface area contributed by atoms with Gasteiger partial charge in [0, 0.05) is 36.3 Å². The van der Waals surface area contributed by atoms with Crippen molar-refractivity contribution in [1.82, 2.24) is 4.90 Å². The van der Waals surface area contributed by atoms with E-state index in [2.05, 4.69) is 11.0 Å². The second-order valence-corrected chi connectivity index (χ2v) is 8.55. The first-order valence-electron chi connectivity index (χ1n) is 10.6. The predicted octanol–water partition coefficient (Wildman–Crippen LogP) is 2.49. The molecule has 7 N–H and O–H groups in total. The molecule has 3 rings (SSSR count). The molecule has 0 aliphatic carbocycles. The Labute approximate surface area is 195 Å². The van der Waals surface area contributed by atoms with Gasteiger partial charge in [-0.3, -0.25) is 9.91 Å². The number of aliphatic hydroxyl groups is 2. The molecule has 1 saturated heterocycles. The molecule has 1 heterocycles. The molecule has 0 aromatic heterocycles. The van der Waals surface area contributed by atoms with Gasteiger partial charge in [0.05, 0.1) is 29.2 Å². The summed E-state index contributed by atoms with van der Waals surface area (Å²) >= 11 is 0. The van der Waals surface area contributed by atoms with Crippen LogP contribution in [-0.2, 0) is 6.54 Å². The van der Waals surface area contributed by atoms with Crippen LogP contribution in [0.15, 0.2) is 48.7 Å². The second kappa shape index (κ2) is 11.2. The van der Waals surface area contributed by atoms with Crippen LogP contribution in [0.5, 0.6) is 5.75 Å². The van der Waals surface area contributed by atoms with Gasteiger partial charge in [0.2, 0.25) is 0 Å². The zero-order valence-corrected chi connectivity index (χ0v) is 18.3. The van der Waals surface area contributed by atoms with Crippen LogP contribution in [0.1, 0.15) is 43.9 Å². The highest BCUT2D eigenvalue weighted by atomic mass is 16.3. The van der Waals surface area contributed by atoms with Gasteiger partial charge in [-0.25, -0.2) is 5.84 Å². The Balaban J connectivity index is 0.00000385. The molecule has 1 unspecified atom stereocenters. The predicted molar refractivity (Wildman–Crippen MR) is 131 cm³/mol. The van der Waals surface area contributed by atoms with Crippen LogP contribution in [0.2, 0.25) is 0 Å². The molecule has 1 aliphatic heterocycles. The number of para-hydroxylation sites is 1. The van der Waals surface area contributed by atoms with Gasteiger partial charge < -0.3 is 21.1 Å². The third-order valence-electron chi connectivity index (χ3n) is 6.10. The maximum absolute atomic E-state index is 10.6. The molecule has 8 heteroatoms. The lowest BCUT2D eigenvalue weighted by Crippen LogP contribution is -2.47. The van der Waals surface area contributed by atoms with Crippen LogP contribution in [0, 0.1) is 17.2 Å². The number of nitrogens with two attached hydrogens (primary N) is 2. The molecule has 1 fully saturated rings. The first kappa shape index (κ1) is 26.2. The Kier molecular flexibility index (Phi) is 8.85. The monoisotopic (exact) mass is 453 g/mol. The molecule has 2 aromatic carbocycles.